The molecule has 0 aliphatic rings. The van der Waals surface area contributed by atoms with Crippen molar-refractivity contribution in [3.05, 3.63) is 0 Å². The van der Waals surface area contributed by atoms with Crippen molar-refractivity contribution in [1.29, 1.82) is 0 Å². The van der Waals surface area contributed by atoms with Crippen LogP contribution >= 0.6 is 0 Å². The maximum absolute atomic E-state index is 12.9. The lowest BCUT2D eigenvalue weighted by Gasteiger charge is -2.18. The van der Waals surface area contributed by atoms with Gasteiger partial charge in [-0.3, -0.25) is 14.4 Å². The molecule has 0 radical (unpaired) electrons. The van der Waals surface area contributed by atoms with E-state index >= 15 is 0 Å². The van der Waals surface area contributed by atoms with Gasteiger partial charge in [-0.05, 0) is 31.1 Å². The Morgan fingerprint density at radius 3 is 0.700 bits per heavy atom. The largest absolute Gasteiger partial charge is 0.462 e. The monoisotopic (exact) mass is 989 g/mol. The van der Waals surface area contributed by atoms with Crippen LogP contribution in [-0.4, -0.2) is 37.2 Å². The third-order valence-electron chi connectivity index (χ3n) is 14.7. The Hall–Kier alpha value is -1.59. The molecular weight excluding hydrogens is 865 g/mol. The zero-order valence-corrected chi connectivity index (χ0v) is 48.2. The van der Waals surface area contributed by atoms with E-state index in [0.717, 1.165) is 69.6 Å². The van der Waals surface area contributed by atoms with E-state index < -0.39 is 6.10 Å². The number of carbonyl (C=O) groups excluding carboxylic acids is 3. The number of rotatable bonds is 58. The van der Waals surface area contributed by atoms with E-state index in [4.69, 9.17) is 14.2 Å². The van der Waals surface area contributed by atoms with Crippen molar-refractivity contribution in [2.24, 2.45) is 11.8 Å². The predicted octanol–water partition coefficient (Wildman–Crippen LogP) is 21.2. The lowest BCUT2D eigenvalue weighted by molar-refractivity contribution is -0.167. The van der Waals surface area contributed by atoms with Gasteiger partial charge in [0.15, 0.2) is 6.10 Å². The summed E-state index contributed by atoms with van der Waals surface area (Å²) in [4.78, 5) is 38.3. The molecule has 0 heterocycles. The summed E-state index contributed by atoms with van der Waals surface area (Å²) in [5, 5.41) is 0. The van der Waals surface area contributed by atoms with Crippen molar-refractivity contribution in [1.82, 2.24) is 0 Å². The van der Waals surface area contributed by atoms with Crippen molar-refractivity contribution >= 4 is 17.9 Å². The number of carbonyl (C=O) groups is 3. The Morgan fingerprint density at radius 1 is 0.271 bits per heavy atom. The Bertz CT molecular complexity index is 1070. The molecule has 6 nitrogen and oxygen atoms in total. The molecule has 0 fully saturated rings. The fourth-order valence-electron chi connectivity index (χ4n) is 9.93. The highest BCUT2D eigenvalue weighted by Crippen LogP contribution is 2.19. The third kappa shape index (κ3) is 57.3. The molecule has 0 unspecified atom stereocenters. The Balaban J connectivity index is 4.28. The van der Waals surface area contributed by atoms with Gasteiger partial charge in [-0.15, -0.1) is 0 Å². The summed E-state index contributed by atoms with van der Waals surface area (Å²) in [6, 6.07) is 0. The molecule has 0 amide bonds. The van der Waals surface area contributed by atoms with Gasteiger partial charge in [-0.1, -0.05) is 324 Å². The van der Waals surface area contributed by atoms with Crippen molar-refractivity contribution in [3.8, 4) is 0 Å². The Labute approximate surface area is 438 Å². The van der Waals surface area contributed by atoms with E-state index in [9.17, 15) is 14.4 Å². The highest BCUT2D eigenvalue weighted by molar-refractivity contribution is 5.71. The molecule has 0 N–H and O–H groups in total. The average molecular weight is 990 g/mol. The van der Waals surface area contributed by atoms with Crippen molar-refractivity contribution in [2.45, 2.75) is 368 Å². The molecule has 0 aliphatic heterocycles. The zero-order chi connectivity index (χ0) is 51.1. The Morgan fingerprint density at radius 2 is 0.471 bits per heavy atom. The van der Waals surface area contributed by atoms with Gasteiger partial charge in [0.2, 0.25) is 0 Å². The van der Waals surface area contributed by atoms with Crippen molar-refractivity contribution in [3.63, 3.8) is 0 Å². The molecule has 0 saturated heterocycles. The molecule has 0 aromatic rings. The number of unbranched alkanes of at least 4 members (excludes halogenated alkanes) is 43. The van der Waals surface area contributed by atoms with Crippen LogP contribution in [0.2, 0.25) is 0 Å². The molecular formula is C64H124O6. The van der Waals surface area contributed by atoms with Gasteiger partial charge in [0.25, 0.3) is 0 Å². The molecule has 0 saturated carbocycles. The first kappa shape index (κ1) is 68.4. The van der Waals surface area contributed by atoms with Crippen molar-refractivity contribution < 1.29 is 28.6 Å². The second-order valence-electron chi connectivity index (χ2n) is 23.0. The Kier molecular flexibility index (Phi) is 55.4. The minimum atomic E-state index is -0.764. The molecule has 70 heavy (non-hydrogen) atoms. The van der Waals surface area contributed by atoms with Crippen LogP contribution in [0.3, 0.4) is 0 Å². The zero-order valence-electron chi connectivity index (χ0n) is 48.2. The standard InChI is InChI=1S/C64H124O6/c1-6-7-8-9-10-11-12-13-14-15-16-17-18-24-29-34-39-44-49-54-62(65)68-57-61(70-64(67)56-51-46-41-36-31-26-21-23-28-33-38-43-48-53-60(4)5)58-69-63(66)55-50-45-40-35-30-25-20-19-22-27-32-37-42-47-52-59(2)3/h59-61H,6-58H2,1-5H3/t61-/m0/s1. The normalized spacial score (nSPS) is 12.0. The van der Waals surface area contributed by atoms with Crippen LogP contribution in [0.15, 0.2) is 0 Å². The molecule has 6 heteroatoms. The molecule has 1 atom stereocenters. The van der Waals surface area contributed by atoms with Crippen LogP contribution in [0.1, 0.15) is 362 Å². The topological polar surface area (TPSA) is 78.9 Å². The van der Waals surface area contributed by atoms with Crippen LogP contribution in [0, 0.1) is 11.8 Å². The molecule has 0 aromatic heterocycles. The first-order chi connectivity index (χ1) is 34.2. The number of hydrogen-bond acceptors (Lipinski definition) is 6. The smallest absolute Gasteiger partial charge is 0.306 e. The quantitative estimate of drug-likeness (QED) is 0.0343. The van der Waals surface area contributed by atoms with E-state index in [2.05, 4.69) is 34.6 Å². The van der Waals surface area contributed by atoms with Crippen LogP contribution in [0.5, 0.6) is 0 Å². The maximum Gasteiger partial charge on any atom is 0.306 e. The van der Waals surface area contributed by atoms with E-state index in [1.54, 1.807) is 0 Å². The number of esters is 3. The van der Waals surface area contributed by atoms with Crippen LogP contribution in [-0.2, 0) is 28.6 Å². The second-order valence-corrected chi connectivity index (χ2v) is 23.0. The highest BCUT2D eigenvalue weighted by atomic mass is 16.6. The summed E-state index contributed by atoms with van der Waals surface area (Å²) >= 11 is 0. The lowest BCUT2D eigenvalue weighted by Crippen LogP contribution is -2.30. The van der Waals surface area contributed by atoms with Crippen molar-refractivity contribution in [2.75, 3.05) is 13.2 Å². The first-order valence-electron chi connectivity index (χ1n) is 31.7. The van der Waals surface area contributed by atoms with Gasteiger partial charge in [0.1, 0.15) is 13.2 Å². The molecule has 0 bridgehead atoms. The van der Waals surface area contributed by atoms with Crippen LogP contribution in [0.25, 0.3) is 0 Å². The molecule has 0 spiro atoms. The summed E-state index contributed by atoms with van der Waals surface area (Å²) < 4.78 is 17.0. The van der Waals surface area contributed by atoms with E-state index in [1.165, 1.54) is 250 Å². The van der Waals surface area contributed by atoms with E-state index in [-0.39, 0.29) is 31.1 Å². The number of hydrogen-bond donors (Lipinski definition) is 0. The molecule has 416 valence electrons. The second kappa shape index (κ2) is 56.7. The van der Waals surface area contributed by atoms with Gasteiger partial charge in [0.05, 0.1) is 0 Å². The summed E-state index contributed by atoms with van der Waals surface area (Å²) in [6.07, 6.45) is 62.4. The molecule has 0 aliphatic carbocycles. The van der Waals surface area contributed by atoms with Gasteiger partial charge in [0, 0.05) is 19.3 Å². The van der Waals surface area contributed by atoms with E-state index in [0.29, 0.717) is 19.3 Å². The summed E-state index contributed by atoms with van der Waals surface area (Å²) in [5.74, 6) is 0.851. The molecule has 0 rings (SSSR count). The predicted molar refractivity (Wildman–Crippen MR) is 303 cm³/mol. The average Bonchev–Trinajstić information content (AvgIpc) is 3.33. The summed E-state index contributed by atoms with van der Waals surface area (Å²) in [5.41, 5.74) is 0. The fraction of sp³-hybridized carbons (Fsp3) is 0.953. The minimum absolute atomic E-state index is 0.0620. The highest BCUT2D eigenvalue weighted by Gasteiger charge is 2.19. The lowest BCUT2D eigenvalue weighted by atomic mass is 10.0. The minimum Gasteiger partial charge on any atom is -0.462 e. The van der Waals surface area contributed by atoms with Crippen LogP contribution < -0.4 is 0 Å². The first-order valence-corrected chi connectivity index (χ1v) is 31.7. The van der Waals surface area contributed by atoms with Crippen LogP contribution in [0.4, 0.5) is 0 Å². The summed E-state index contributed by atoms with van der Waals surface area (Å²) in [7, 11) is 0. The third-order valence-corrected chi connectivity index (χ3v) is 14.7. The number of ether oxygens (including phenoxy) is 3. The van der Waals surface area contributed by atoms with Gasteiger partial charge in [-0.25, -0.2) is 0 Å². The van der Waals surface area contributed by atoms with Gasteiger partial charge < -0.3 is 14.2 Å². The fourth-order valence-corrected chi connectivity index (χ4v) is 9.93. The summed E-state index contributed by atoms with van der Waals surface area (Å²) in [6.45, 7) is 11.4. The van der Waals surface area contributed by atoms with E-state index in [1.807, 2.05) is 0 Å². The van der Waals surface area contributed by atoms with Gasteiger partial charge >= 0.3 is 17.9 Å². The SMILES string of the molecule is CCCCCCCCCCCCCCCCCCCCCC(=O)OC[C@@H](COC(=O)CCCCCCCCCCCCCCCCC(C)C)OC(=O)CCCCCCCCCCCCCCCC(C)C. The maximum atomic E-state index is 12.9. The van der Waals surface area contributed by atoms with Gasteiger partial charge in [-0.2, -0.15) is 0 Å². The molecule has 0 aromatic carbocycles.